The maximum atomic E-state index is 12.9. The number of hydrogen-bond acceptors (Lipinski definition) is 5. The third kappa shape index (κ3) is 5.83. The summed E-state index contributed by atoms with van der Waals surface area (Å²) in [6.07, 6.45) is 2.72. The summed E-state index contributed by atoms with van der Waals surface area (Å²) in [7, 11) is 0. The molecule has 2 aliphatic rings. The van der Waals surface area contributed by atoms with Crippen LogP contribution in [-0.2, 0) is 4.79 Å². The average Bonchev–Trinajstić information content (AvgIpc) is 3.62. The third-order valence-corrected chi connectivity index (χ3v) is 5.56. The van der Waals surface area contributed by atoms with Crippen LogP contribution < -0.4 is 10.1 Å². The van der Waals surface area contributed by atoms with Crippen molar-refractivity contribution in [1.82, 2.24) is 15.1 Å². The number of nitrogens with one attached hydrogen (secondary N) is 1. The lowest BCUT2D eigenvalue weighted by Crippen LogP contribution is -2.49. The summed E-state index contributed by atoms with van der Waals surface area (Å²) in [4.78, 5) is 28.9. The van der Waals surface area contributed by atoms with Crippen molar-refractivity contribution in [2.24, 2.45) is 0 Å². The van der Waals surface area contributed by atoms with Gasteiger partial charge >= 0.3 is 0 Å². The summed E-state index contributed by atoms with van der Waals surface area (Å²) < 4.78 is 5.83. The molecule has 4 rings (SSSR count). The van der Waals surface area contributed by atoms with Gasteiger partial charge in [-0.15, -0.1) is 0 Å². The fraction of sp³-hybridized carbons (Fsp3) is 0.375. The molecule has 0 atom stereocenters. The number of rotatable bonds is 7. The highest BCUT2D eigenvalue weighted by molar-refractivity contribution is 5.94. The van der Waals surface area contributed by atoms with Gasteiger partial charge in [0.1, 0.15) is 11.5 Å². The zero-order valence-electron chi connectivity index (χ0n) is 17.4. The van der Waals surface area contributed by atoms with Gasteiger partial charge in [-0.25, -0.2) is 0 Å². The molecule has 1 N–H and O–H groups in total. The fourth-order valence-corrected chi connectivity index (χ4v) is 3.57. The Balaban J connectivity index is 1.27. The molecule has 160 valence electrons. The highest BCUT2D eigenvalue weighted by Crippen LogP contribution is 2.23. The van der Waals surface area contributed by atoms with E-state index in [1.165, 1.54) is 0 Å². The Morgan fingerprint density at radius 3 is 2.45 bits per heavy atom. The number of carbonyl (C=O) groups is 2. The molecule has 7 nitrogen and oxygen atoms in total. The number of hydrogen-bond donors (Lipinski definition) is 1. The minimum Gasteiger partial charge on any atom is -0.457 e. The lowest BCUT2D eigenvalue weighted by atomic mass is 10.1. The maximum absolute atomic E-state index is 12.9. The second-order valence-corrected chi connectivity index (χ2v) is 7.99. The molecule has 1 heterocycles. The number of amides is 2. The molecule has 7 heteroatoms. The zero-order valence-corrected chi connectivity index (χ0v) is 17.4. The van der Waals surface area contributed by atoms with Crippen molar-refractivity contribution in [1.29, 1.82) is 5.26 Å². The SMILES string of the molecule is N#Cc1ccc(Oc2cccc(C(=O)N3CCN(CCC(=O)NC4CC4)CC3)c2)cc1. The van der Waals surface area contributed by atoms with E-state index in [9.17, 15) is 9.59 Å². The third-order valence-electron chi connectivity index (χ3n) is 5.56. The Morgan fingerprint density at radius 2 is 1.77 bits per heavy atom. The highest BCUT2D eigenvalue weighted by atomic mass is 16.5. The molecule has 1 saturated carbocycles. The van der Waals surface area contributed by atoms with Gasteiger partial charge in [0.2, 0.25) is 5.91 Å². The van der Waals surface area contributed by atoms with Crippen LogP contribution in [0.1, 0.15) is 35.2 Å². The van der Waals surface area contributed by atoms with E-state index in [1.807, 2.05) is 4.90 Å². The first-order valence-corrected chi connectivity index (χ1v) is 10.7. The smallest absolute Gasteiger partial charge is 0.254 e. The normalized spacial score (nSPS) is 16.4. The number of ether oxygens (including phenoxy) is 1. The lowest BCUT2D eigenvalue weighted by molar-refractivity contribution is -0.121. The van der Waals surface area contributed by atoms with E-state index in [0.717, 1.165) is 32.5 Å². The molecule has 1 aliphatic carbocycles. The standard InChI is InChI=1S/C24H26N4O3/c25-17-18-4-8-21(9-5-18)31-22-3-1-2-19(16-22)24(30)28-14-12-27(13-15-28)11-10-23(29)26-20-6-7-20/h1-5,8-9,16,20H,6-7,10-15H2,(H,26,29). The molecular formula is C24H26N4O3. The van der Waals surface area contributed by atoms with Crippen LogP contribution in [0.15, 0.2) is 48.5 Å². The number of piperazine rings is 1. The molecule has 0 unspecified atom stereocenters. The van der Waals surface area contributed by atoms with Gasteiger partial charge in [0.15, 0.2) is 0 Å². The monoisotopic (exact) mass is 418 g/mol. The van der Waals surface area contributed by atoms with E-state index < -0.39 is 0 Å². The van der Waals surface area contributed by atoms with Crippen LogP contribution in [0.2, 0.25) is 0 Å². The van der Waals surface area contributed by atoms with Crippen molar-refractivity contribution in [3.05, 3.63) is 59.7 Å². The van der Waals surface area contributed by atoms with Crippen LogP contribution in [0.25, 0.3) is 0 Å². The first-order chi connectivity index (χ1) is 15.1. The maximum Gasteiger partial charge on any atom is 0.254 e. The summed E-state index contributed by atoms with van der Waals surface area (Å²) in [6.45, 7) is 3.55. The van der Waals surface area contributed by atoms with Crippen molar-refractivity contribution < 1.29 is 14.3 Å². The highest BCUT2D eigenvalue weighted by Gasteiger charge is 2.25. The number of nitrogens with zero attached hydrogens (tertiary/aromatic N) is 3. The molecule has 1 aliphatic heterocycles. The van der Waals surface area contributed by atoms with E-state index in [2.05, 4.69) is 16.3 Å². The van der Waals surface area contributed by atoms with Gasteiger partial charge in [-0.3, -0.25) is 14.5 Å². The quantitative estimate of drug-likeness (QED) is 0.747. The minimum atomic E-state index is -0.0172. The van der Waals surface area contributed by atoms with E-state index in [0.29, 0.717) is 48.2 Å². The van der Waals surface area contributed by atoms with E-state index in [1.54, 1.807) is 48.5 Å². The molecule has 2 amide bonds. The predicted molar refractivity (Wildman–Crippen MR) is 116 cm³/mol. The Hall–Kier alpha value is -3.37. The van der Waals surface area contributed by atoms with E-state index >= 15 is 0 Å². The minimum absolute atomic E-state index is 0.0172. The largest absolute Gasteiger partial charge is 0.457 e. The molecule has 2 aromatic rings. The summed E-state index contributed by atoms with van der Waals surface area (Å²) in [5.41, 5.74) is 1.15. The van der Waals surface area contributed by atoms with Crippen molar-refractivity contribution in [3.63, 3.8) is 0 Å². The van der Waals surface area contributed by atoms with Crippen LogP contribution in [-0.4, -0.2) is 60.4 Å². The van der Waals surface area contributed by atoms with Crippen LogP contribution in [0, 0.1) is 11.3 Å². The molecular weight excluding hydrogens is 392 g/mol. The molecule has 0 spiro atoms. The zero-order chi connectivity index (χ0) is 21.6. The van der Waals surface area contributed by atoms with Crippen molar-refractivity contribution >= 4 is 11.8 Å². The van der Waals surface area contributed by atoms with Crippen molar-refractivity contribution in [3.8, 4) is 17.6 Å². The van der Waals surface area contributed by atoms with Crippen LogP contribution in [0.5, 0.6) is 11.5 Å². The molecule has 2 fully saturated rings. The summed E-state index contributed by atoms with van der Waals surface area (Å²) >= 11 is 0. The molecule has 31 heavy (non-hydrogen) atoms. The van der Waals surface area contributed by atoms with Crippen molar-refractivity contribution in [2.45, 2.75) is 25.3 Å². The van der Waals surface area contributed by atoms with Crippen LogP contribution >= 0.6 is 0 Å². The van der Waals surface area contributed by atoms with Gasteiger partial charge in [-0.05, 0) is 55.3 Å². The van der Waals surface area contributed by atoms with Crippen molar-refractivity contribution in [2.75, 3.05) is 32.7 Å². The molecule has 1 saturated heterocycles. The Morgan fingerprint density at radius 1 is 1.03 bits per heavy atom. The Kier molecular flexibility index (Phi) is 6.48. The van der Waals surface area contributed by atoms with Gasteiger partial charge in [0.05, 0.1) is 11.6 Å². The van der Waals surface area contributed by atoms with Crippen LogP contribution in [0.3, 0.4) is 0 Å². The molecule has 0 aromatic heterocycles. The topological polar surface area (TPSA) is 85.7 Å². The predicted octanol–water partition coefficient (Wildman–Crippen LogP) is 2.78. The van der Waals surface area contributed by atoms with Gasteiger partial charge in [0, 0.05) is 50.7 Å². The first-order valence-electron chi connectivity index (χ1n) is 10.7. The van der Waals surface area contributed by atoms with Gasteiger partial charge < -0.3 is 15.0 Å². The van der Waals surface area contributed by atoms with Gasteiger partial charge in [-0.1, -0.05) is 6.07 Å². The number of nitriles is 1. The summed E-state index contributed by atoms with van der Waals surface area (Å²) in [6, 6.07) is 16.5. The lowest BCUT2D eigenvalue weighted by Gasteiger charge is -2.34. The fourth-order valence-electron chi connectivity index (χ4n) is 3.57. The second kappa shape index (κ2) is 9.63. The summed E-state index contributed by atoms with van der Waals surface area (Å²) in [5.74, 6) is 1.30. The molecule has 0 radical (unpaired) electrons. The average molecular weight is 418 g/mol. The Bertz CT molecular complexity index is 971. The van der Waals surface area contributed by atoms with Crippen LogP contribution in [0.4, 0.5) is 0 Å². The van der Waals surface area contributed by atoms with Gasteiger partial charge in [0.25, 0.3) is 5.91 Å². The van der Waals surface area contributed by atoms with E-state index in [4.69, 9.17) is 10.00 Å². The molecule has 0 bridgehead atoms. The van der Waals surface area contributed by atoms with Gasteiger partial charge in [-0.2, -0.15) is 5.26 Å². The first kappa shape index (κ1) is 20.9. The summed E-state index contributed by atoms with van der Waals surface area (Å²) in [5, 5.41) is 11.9. The Labute approximate surface area is 182 Å². The van der Waals surface area contributed by atoms with E-state index in [-0.39, 0.29) is 11.8 Å². The number of benzene rings is 2. The number of carbonyl (C=O) groups excluding carboxylic acids is 2. The molecule has 2 aromatic carbocycles. The second-order valence-electron chi connectivity index (χ2n) is 7.99.